The highest BCUT2D eigenvalue weighted by atomic mass is 32.2. The SMILES string of the molecule is Nc1cc(OC(F)(F)F)ccc1-c1cnn(S(=O)(=O)C2CC2)c1. The summed E-state index contributed by atoms with van der Waals surface area (Å²) in [7, 11) is -3.51. The van der Waals surface area contributed by atoms with Crippen LogP contribution in [0.2, 0.25) is 0 Å². The van der Waals surface area contributed by atoms with Crippen LogP contribution in [0.3, 0.4) is 0 Å². The molecule has 23 heavy (non-hydrogen) atoms. The molecule has 0 unspecified atom stereocenters. The Morgan fingerprint density at radius 2 is 2.00 bits per heavy atom. The highest BCUT2D eigenvalue weighted by Crippen LogP contribution is 2.33. The highest BCUT2D eigenvalue weighted by molar-refractivity contribution is 7.90. The van der Waals surface area contributed by atoms with Crippen LogP contribution in [0.25, 0.3) is 11.1 Å². The van der Waals surface area contributed by atoms with Gasteiger partial charge in [0.1, 0.15) is 5.75 Å². The number of nitrogens with zero attached hydrogens (tertiary/aromatic N) is 2. The van der Waals surface area contributed by atoms with Crippen molar-refractivity contribution in [2.75, 3.05) is 5.73 Å². The lowest BCUT2D eigenvalue weighted by molar-refractivity contribution is -0.274. The molecule has 1 aliphatic carbocycles. The third-order valence-corrected chi connectivity index (χ3v) is 5.37. The number of hydrogen-bond acceptors (Lipinski definition) is 5. The first-order valence-electron chi connectivity index (χ1n) is 6.61. The first kappa shape index (κ1) is 15.7. The Morgan fingerprint density at radius 3 is 2.57 bits per heavy atom. The molecule has 0 bridgehead atoms. The van der Waals surface area contributed by atoms with Crippen molar-refractivity contribution in [1.29, 1.82) is 0 Å². The Morgan fingerprint density at radius 1 is 1.30 bits per heavy atom. The minimum atomic E-state index is -4.81. The van der Waals surface area contributed by atoms with Gasteiger partial charge >= 0.3 is 6.36 Å². The van der Waals surface area contributed by atoms with Crippen LogP contribution in [-0.4, -0.2) is 29.2 Å². The number of halogens is 3. The zero-order valence-electron chi connectivity index (χ0n) is 11.6. The summed E-state index contributed by atoms with van der Waals surface area (Å²) in [6.45, 7) is 0. The van der Waals surface area contributed by atoms with Gasteiger partial charge < -0.3 is 10.5 Å². The number of aromatic nitrogens is 2. The average Bonchev–Trinajstić information content (AvgIpc) is 3.16. The lowest BCUT2D eigenvalue weighted by Crippen LogP contribution is -2.17. The minimum absolute atomic E-state index is 0.0233. The van der Waals surface area contributed by atoms with Crippen molar-refractivity contribution in [3.63, 3.8) is 0 Å². The van der Waals surface area contributed by atoms with Gasteiger partial charge in [-0.3, -0.25) is 0 Å². The molecule has 0 spiro atoms. The number of hydrogen-bond donors (Lipinski definition) is 1. The van der Waals surface area contributed by atoms with E-state index in [9.17, 15) is 21.6 Å². The smallest absolute Gasteiger partial charge is 0.406 e. The lowest BCUT2D eigenvalue weighted by Gasteiger charge is -2.10. The van der Waals surface area contributed by atoms with Gasteiger partial charge in [0.25, 0.3) is 10.0 Å². The summed E-state index contributed by atoms with van der Waals surface area (Å²) >= 11 is 0. The van der Waals surface area contributed by atoms with Crippen LogP contribution < -0.4 is 10.5 Å². The normalized spacial score (nSPS) is 15.6. The highest BCUT2D eigenvalue weighted by Gasteiger charge is 2.37. The van der Waals surface area contributed by atoms with Crippen LogP contribution in [0.1, 0.15) is 12.8 Å². The Kier molecular flexibility index (Phi) is 3.51. The predicted octanol–water partition coefficient (Wildman–Crippen LogP) is 2.37. The second-order valence-electron chi connectivity index (χ2n) is 5.14. The van der Waals surface area contributed by atoms with E-state index < -0.39 is 27.4 Å². The van der Waals surface area contributed by atoms with Gasteiger partial charge in [0.05, 0.1) is 17.6 Å². The zero-order chi connectivity index (χ0) is 16.8. The minimum Gasteiger partial charge on any atom is -0.406 e. The van der Waals surface area contributed by atoms with Gasteiger partial charge in [-0.15, -0.1) is 13.2 Å². The number of ether oxygens (including phenoxy) is 1. The van der Waals surface area contributed by atoms with Crippen molar-refractivity contribution in [3.05, 3.63) is 30.6 Å². The van der Waals surface area contributed by atoms with E-state index in [4.69, 9.17) is 5.73 Å². The molecule has 1 fully saturated rings. The first-order valence-corrected chi connectivity index (χ1v) is 8.12. The standard InChI is InChI=1S/C13H12F3N3O3S/c14-13(15,16)22-9-1-4-11(12(17)5-9)8-6-18-19(7-8)23(20,21)10-2-3-10/h1,4-7,10H,2-3,17H2. The van der Waals surface area contributed by atoms with E-state index in [2.05, 4.69) is 9.84 Å². The van der Waals surface area contributed by atoms with Gasteiger partial charge in [0.2, 0.25) is 0 Å². The summed E-state index contributed by atoms with van der Waals surface area (Å²) in [5, 5.41) is 3.39. The molecule has 1 aromatic heterocycles. The summed E-state index contributed by atoms with van der Waals surface area (Å²) in [6.07, 6.45) is -1.01. The largest absolute Gasteiger partial charge is 0.573 e. The second kappa shape index (κ2) is 5.15. The van der Waals surface area contributed by atoms with E-state index in [0.717, 1.165) is 16.2 Å². The maximum Gasteiger partial charge on any atom is 0.573 e. The molecule has 1 heterocycles. The Bertz CT molecular complexity index is 842. The van der Waals surface area contributed by atoms with E-state index >= 15 is 0 Å². The fourth-order valence-electron chi connectivity index (χ4n) is 2.10. The van der Waals surface area contributed by atoms with E-state index in [0.29, 0.717) is 24.0 Å². The monoisotopic (exact) mass is 347 g/mol. The number of nitrogens with two attached hydrogens (primary N) is 1. The topological polar surface area (TPSA) is 87.2 Å². The number of anilines is 1. The molecule has 0 radical (unpaired) electrons. The number of nitrogen functional groups attached to an aromatic ring is 1. The fourth-order valence-corrected chi connectivity index (χ4v) is 3.58. The molecule has 2 N–H and O–H groups in total. The molecule has 0 aliphatic heterocycles. The van der Waals surface area contributed by atoms with Crippen LogP contribution in [-0.2, 0) is 10.0 Å². The lowest BCUT2D eigenvalue weighted by atomic mass is 10.1. The molecule has 2 aromatic rings. The molecule has 10 heteroatoms. The van der Waals surface area contributed by atoms with Crippen molar-refractivity contribution >= 4 is 15.7 Å². The Balaban J connectivity index is 1.89. The molecular formula is C13H12F3N3O3S. The third-order valence-electron chi connectivity index (χ3n) is 3.33. The Hall–Kier alpha value is -2.23. The van der Waals surface area contributed by atoms with Crippen molar-refractivity contribution < 1.29 is 26.3 Å². The third kappa shape index (κ3) is 3.26. The molecule has 1 aliphatic rings. The molecule has 0 amide bonds. The van der Waals surface area contributed by atoms with Crippen molar-refractivity contribution in [2.24, 2.45) is 0 Å². The Labute approximate surface area is 129 Å². The average molecular weight is 347 g/mol. The number of benzene rings is 1. The van der Waals surface area contributed by atoms with Gasteiger partial charge in [-0.2, -0.15) is 9.19 Å². The van der Waals surface area contributed by atoms with E-state index in [1.54, 1.807) is 0 Å². The summed E-state index contributed by atoms with van der Waals surface area (Å²) in [6, 6.07) is 3.45. The van der Waals surface area contributed by atoms with Crippen molar-refractivity contribution in [3.8, 4) is 16.9 Å². The molecule has 124 valence electrons. The van der Waals surface area contributed by atoms with Crippen LogP contribution in [0.15, 0.2) is 30.6 Å². The quantitative estimate of drug-likeness (QED) is 0.858. The second-order valence-corrected chi connectivity index (χ2v) is 7.21. The first-order chi connectivity index (χ1) is 10.7. The van der Waals surface area contributed by atoms with Crippen LogP contribution in [0.4, 0.5) is 18.9 Å². The van der Waals surface area contributed by atoms with Gasteiger partial charge in [-0.1, -0.05) is 0 Å². The number of alkyl halides is 3. The van der Waals surface area contributed by atoms with Crippen LogP contribution in [0.5, 0.6) is 5.75 Å². The molecular weight excluding hydrogens is 335 g/mol. The maximum atomic E-state index is 12.2. The van der Waals surface area contributed by atoms with Crippen LogP contribution in [0, 0.1) is 0 Å². The van der Waals surface area contributed by atoms with Crippen molar-refractivity contribution in [1.82, 2.24) is 9.19 Å². The molecule has 0 saturated heterocycles. The van der Waals surface area contributed by atoms with Gasteiger partial charge in [-0.25, -0.2) is 8.42 Å². The maximum absolute atomic E-state index is 12.2. The summed E-state index contributed by atoms with van der Waals surface area (Å²) < 4.78 is 65.3. The predicted molar refractivity (Wildman–Crippen MR) is 76.1 cm³/mol. The van der Waals surface area contributed by atoms with Gasteiger partial charge in [-0.05, 0) is 25.0 Å². The molecule has 6 nitrogen and oxygen atoms in total. The van der Waals surface area contributed by atoms with Gasteiger partial charge in [0, 0.05) is 22.9 Å². The molecule has 3 rings (SSSR count). The summed E-state index contributed by atoms with van der Waals surface area (Å²) in [5.41, 5.74) is 6.52. The summed E-state index contributed by atoms with van der Waals surface area (Å²) in [5.74, 6) is -0.447. The van der Waals surface area contributed by atoms with E-state index in [-0.39, 0.29) is 5.69 Å². The molecule has 0 atom stereocenters. The fraction of sp³-hybridized carbons (Fsp3) is 0.308. The van der Waals surface area contributed by atoms with Crippen LogP contribution >= 0.6 is 0 Å². The van der Waals surface area contributed by atoms with Crippen molar-refractivity contribution in [2.45, 2.75) is 24.5 Å². The van der Waals surface area contributed by atoms with E-state index in [1.165, 1.54) is 18.5 Å². The van der Waals surface area contributed by atoms with E-state index in [1.807, 2.05) is 0 Å². The number of rotatable bonds is 4. The van der Waals surface area contributed by atoms with Gasteiger partial charge in [0.15, 0.2) is 0 Å². The summed E-state index contributed by atoms with van der Waals surface area (Å²) in [4.78, 5) is 0. The molecule has 1 aromatic carbocycles. The zero-order valence-corrected chi connectivity index (χ0v) is 12.4. The molecule has 1 saturated carbocycles.